The number of nitrogens with zero attached hydrogens (tertiary/aromatic N) is 1. The van der Waals surface area contributed by atoms with Crippen molar-refractivity contribution in [1.29, 1.82) is 0 Å². The molecule has 1 aliphatic heterocycles. The quantitative estimate of drug-likeness (QED) is 0.935. The van der Waals surface area contributed by atoms with Gasteiger partial charge >= 0.3 is 0 Å². The molecule has 0 radical (unpaired) electrons. The largest absolute Gasteiger partial charge is 0.326 e. The summed E-state index contributed by atoms with van der Waals surface area (Å²) in [7, 11) is 0. The van der Waals surface area contributed by atoms with E-state index in [9.17, 15) is 4.79 Å². The number of aromatic nitrogens is 1. The summed E-state index contributed by atoms with van der Waals surface area (Å²) in [5, 5.41) is 0. The first-order valence-corrected chi connectivity index (χ1v) is 8.11. The van der Waals surface area contributed by atoms with E-state index in [4.69, 9.17) is 0 Å². The molecule has 0 aliphatic carbocycles. The van der Waals surface area contributed by atoms with E-state index in [1.165, 1.54) is 31.5 Å². The van der Waals surface area contributed by atoms with Crippen LogP contribution < -0.4 is 5.56 Å². The molecule has 0 bridgehead atoms. The predicted octanol–water partition coefficient (Wildman–Crippen LogP) is 3.82. The van der Waals surface area contributed by atoms with Crippen LogP contribution in [-0.2, 0) is 0 Å². The van der Waals surface area contributed by atoms with Crippen LogP contribution in [0.15, 0.2) is 35.1 Å². The summed E-state index contributed by atoms with van der Waals surface area (Å²) < 4.78 is 0. The Hall–Kier alpha value is -1.87. The molecule has 0 unspecified atom stereocenters. The predicted molar refractivity (Wildman–Crippen MR) is 91.2 cm³/mol. The van der Waals surface area contributed by atoms with Crippen LogP contribution >= 0.6 is 0 Å². The number of aryl methyl sites for hydroxylation is 2. The lowest BCUT2D eigenvalue weighted by atomic mass is 10.0. The lowest BCUT2D eigenvalue weighted by Crippen LogP contribution is -2.23. The van der Waals surface area contributed by atoms with Crippen LogP contribution in [0, 0.1) is 13.8 Å². The lowest BCUT2D eigenvalue weighted by molar-refractivity contribution is 0.263. The van der Waals surface area contributed by atoms with Crippen molar-refractivity contribution in [2.75, 3.05) is 13.1 Å². The fraction of sp³-hybridized carbons (Fsp3) is 0.421. The number of H-pyrrole nitrogens is 1. The van der Waals surface area contributed by atoms with E-state index in [-0.39, 0.29) is 5.56 Å². The Morgan fingerprint density at radius 1 is 1.09 bits per heavy atom. The molecule has 1 aromatic carbocycles. The Balaban J connectivity index is 1.88. The van der Waals surface area contributed by atoms with E-state index in [0.717, 1.165) is 22.4 Å². The molecular weight excluding hydrogens is 272 g/mol. The minimum absolute atomic E-state index is 0.0107. The third-order valence-electron chi connectivity index (χ3n) is 4.89. The van der Waals surface area contributed by atoms with Gasteiger partial charge < -0.3 is 4.98 Å². The Bertz CT molecular complexity index is 709. The van der Waals surface area contributed by atoms with Crippen LogP contribution in [0.1, 0.15) is 42.6 Å². The van der Waals surface area contributed by atoms with Crippen molar-refractivity contribution in [1.82, 2.24) is 9.88 Å². The van der Waals surface area contributed by atoms with Crippen molar-refractivity contribution in [3.8, 4) is 11.1 Å². The summed E-state index contributed by atoms with van der Waals surface area (Å²) in [6, 6.07) is 10.9. The van der Waals surface area contributed by atoms with Crippen molar-refractivity contribution in [2.24, 2.45) is 0 Å². The second kappa shape index (κ2) is 6.09. The second-order valence-electron chi connectivity index (χ2n) is 6.36. The van der Waals surface area contributed by atoms with E-state index >= 15 is 0 Å². The van der Waals surface area contributed by atoms with Gasteiger partial charge in [-0.05, 0) is 69.5 Å². The van der Waals surface area contributed by atoms with E-state index < -0.39 is 0 Å². The molecule has 0 saturated carbocycles. The summed E-state index contributed by atoms with van der Waals surface area (Å²) in [4.78, 5) is 17.6. The molecule has 116 valence electrons. The molecular formula is C19H24N2O. The fourth-order valence-corrected chi connectivity index (χ4v) is 3.22. The minimum atomic E-state index is -0.0107. The van der Waals surface area contributed by atoms with Gasteiger partial charge in [-0.2, -0.15) is 0 Å². The normalized spacial score (nSPS) is 16.9. The zero-order valence-corrected chi connectivity index (χ0v) is 13.6. The summed E-state index contributed by atoms with van der Waals surface area (Å²) >= 11 is 0. The van der Waals surface area contributed by atoms with Crippen molar-refractivity contribution < 1.29 is 0 Å². The number of rotatable bonds is 3. The highest BCUT2D eigenvalue weighted by Gasteiger charge is 2.19. The summed E-state index contributed by atoms with van der Waals surface area (Å²) in [6.07, 6.45) is 2.61. The first kappa shape index (κ1) is 15.0. The van der Waals surface area contributed by atoms with Gasteiger partial charge in [0.25, 0.3) is 5.56 Å². The van der Waals surface area contributed by atoms with E-state index in [1.54, 1.807) is 0 Å². The van der Waals surface area contributed by atoms with E-state index in [0.29, 0.717) is 6.04 Å². The van der Waals surface area contributed by atoms with Gasteiger partial charge in [-0.25, -0.2) is 0 Å². The van der Waals surface area contributed by atoms with Gasteiger partial charge in [-0.3, -0.25) is 9.69 Å². The van der Waals surface area contributed by atoms with Gasteiger partial charge in [0.05, 0.1) is 0 Å². The lowest BCUT2D eigenvalue weighted by Gasteiger charge is -2.24. The SMILES string of the molecule is Cc1cc(-c2ccc([C@@H](C)N3CCCC3)cc2)c(=O)[nH]c1C. The van der Waals surface area contributed by atoms with Crippen LogP contribution in [0.25, 0.3) is 11.1 Å². The van der Waals surface area contributed by atoms with Crippen molar-refractivity contribution in [3.63, 3.8) is 0 Å². The number of benzene rings is 1. The Morgan fingerprint density at radius 2 is 1.73 bits per heavy atom. The van der Waals surface area contributed by atoms with Crippen LogP contribution in [0.4, 0.5) is 0 Å². The Morgan fingerprint density at radius 3 is 2.36 bits per heavy atom. The standard InChI is InChI=1S/C19H24N2O/c1-13-12-18(19(22)20-14(13)2)17-8-6-16(7-9-17)15(3)21-10-4-5-11-21/h6-9,12,15H,4-5,10-11H2,1-3H3,(H,20,22)/t15-/m1/s1. The average Bonchev–Trinajstić information content (AvgIpc) is 3.05. The van der Waals surface area contributed by atoms with E-state index in [1.807, 2.05) is 19.9 Å². The van der Waals surface area contributed by atoms with Crippen LogP contribution in [-0.4, -0.2) is 23.0 Å². The summed E-state index contributed by atoms with van der Waals surface area (Å²) in [5.74, 6) is 0. The smallest absolute Gasteiger partial charge is 0.256 e. The highest BCUT2D eigenvalue weighted by atomic mass is 16.1. The third kappa shape index (κ3) is 2.86. The molecule has 1 saturated heterocycles. The van der Waals surface area contributed by atoms with Gasteiger partial charge in [-0.15, -0.1) is 0 Å². The van der Waals surface area contributed by atoms with Crippen molar-refractivity contribution >= 4 is 0 Å². The molecule has 1 aromatic heterocycles. The molecule has 3 heteroatoms. The number of pyridine rings is 1. The molecule has 1 fully saturated rings. The maximum Gasteiger partial charge on any atom is 0.256 e. The third-order valence-corrected chi connectivity index (χ3v) is 4.89. The first-order valence-electron chi connectivity index (χ1n) is 8.11. The molecule has 0 spiro atoms. The molecule has 0 amide bonds. The van der Waals surface area contributed by atoms with Crippen LogP contribution in [0.2, 0.25) is 0 Å². The molecule has 1 aliphatic rings. The number of hydrogen-bond acceptors (Lipinski definition) is 2. The molecule has 2 heterocycles. The van der Waals surface area contributed by atoms with Gasteiger partial charge in [-0.1, -0.05) is 24.3 Å². The molecule has 22 heavy (non-hydrogen) atoms. The van der Waals surface area contributed by atoms with Crippen molar-refractivity contribution in [3.05, 3.63) is 57.5 Å². The first-order chi connectivity index (χ1) is 10.6. The number of aromatic amines is 1. The molecule has 2 aromatic rings. The van der Waals surface area contributed by atoms with Gasteiger partial charge in [0.15, 0.2) is 0 Å². The molecule has 3 rings (SSSR count). The number of hydrogen-bond donors (Lipinski definition) is 1. The van der Waals surface area contributed by atoms with Gasteiger partial charge in [0.2, 0.25) is 0 Å². The Labute approximate surface area is 132 Å². The summed E-state index contributed by atoms with van der Waals surface area (Å²) in [6.45, 7) is 8.61. The molecule has 3 nitrogen and oxygen atoms in total. The maximum absolute atomic E-state index is 12.2. The number of nitrogens with one attached hydrogen (secondary N) is 1. The minimum Gasteiger partial charge on any atom is -0.326 e. The Kier molecular flexibility index (Phi) is 4.16. The summed E-state index contributed by atoms with van der Waals surface area (Å²) in [5.41, 5.74) is 5.11. The van der Waals surface area contributed by atoms with E-state index in [2.05, 4.69) is 41.1 Å². The fourth-order valence-electron chi connectivity index (χ4n) is 3.22. The van der Waals surface area contributed by atoms with Crippen LogP contribution in [0.5, 0.6) is 0 Å². The molecule has 1 N–H and O–H groups in total. The van der Waals surface area contributed by atoms with Gasteiger partial charge in [0.1, 0.15) is 0 Å². The monoisotopic (exact) mass is 296 g/mol. The topological polar surface area (TPSA) is 36.1 Å². The highest BCUT2D eigenvalue weighted by Crippen LogP contribution is 2.26. The second-order valence-corrected chi connectivity index (χ2v) is 6.36. The molecule has 1 atom stereocenters. The zero-order chi connectivity index (χ0) is 15.7. The maximum atomic E-state index is 12.2. The number of likely N-dealkylation sites (tertiary alicyclic amines) is 1. The highest BCUT2D eigenvalue weighted by molar-refractivity contribution is 5.63. The average molecular weight is 296 g/mol. The van der Waals surface area contributed by atoms with Crippen LogP contribution in [0.3, 0.4) is 0 Å². The van der Waals surface area contributed by atoms with Crippen molar-refractivity contribution in [2.45, 2.75) is 39.7 Å². The van der Waals surface area contributed by atoms with Gasteiger partial charge in [0, 0.05) is 17.3 Å². The zero-order valence-electron chi connectivity index (χ0n) is 13.6.